The molecule has 0 saturated carbocycles. The van der Waals surface area contributed by atoms with Gasteiger partial charge in [0.05, 0.1) is 0 Å². The molecule has 0 aromatic carbocycles. The van der Waals surface area contributed by atoms with Crippen LogP contribution in [0.15, 0.2) is 5.28 Å². The van der Waals surface area contributed by atoms with Gasteiger partial charge in [0.2, 0.25) is 0 Å². The van der Waals surface area contributed by atoms with Crippen molar-refractivity contribution in [1.29, 1.82) is 0 Å². The molecule has 0 aliphatic rings. The first-order valence-electron chi connectivity index (χ1n) is 0.610. The number of hydrogen-bond donors (Lipinski definition) is 1. The molecule has 0 heterocycles. The number of nitrogens with zero attached hydrogens (tertiary/aromatic N) is 1. The van der Waals surface area contributed by atoms with E-state index in [1.807, 2.05) is 0 Å². The fourth-order valence-corrected chi connectivity index (χ4v) is 0. The fourth-order valence-electron chi connectivity index (χ4n) is 0. The van der Waals surface area contributed by atoms with E-state index in [0.29, 0.717) is 0 Å². The molecule has 5 heavy (non-hydrogen) atoms. The van der Waals surface area contributed by atoms with Crippen molar-refractivity contribution in [2.45, 2.75) is 0 Å². The Labute approximate surface area is 38.9 Å². The van der Waals surface area contributed by atoms with Gasteiger partial charge in [-0.15, -0.1) is 5.28 Å². The molecule has 34 valence electrons. The third-order valence-electron chi connectivity index (χ3n) is 0.0373. The van der Waals surface area contributed by atoms with E-state index >= 15 is 0 Å². The molecule has 0 bridgehead atoms. The molecule has 0 unspecified atom stereocenters. The Kier molecular flexibility index (Phi) is 16.4. The third kappa shape index (κ3) is 21.2. The van der Waals surface area contributed by atoms with Gasteiger partial charge in [0.25, 0.3) is 0 Å². The molecular formula is HCuN2O2. The Bertz CT molecular complexity index is 22.8. The van der Waals surface area contributed by atoms with E-state index in [0.717, 1.165) is 5.28 Å². The molecule has 0 aromatic heterocycles. The van der Waals surface area contributed by atoms with E-state index in [1.165, 1.54) is 0 Å². The molecule has 0 rings (SSSR count). The van der Waals surface area contributed by atoms with Crippen molar-refractivity contribution in [3.05, 3.63) is 10.4 Å². The van der Waals surface area contributed by atoms with E-state index in [-0.39, 0.29) is 17.1 Å². The third-order valence-corrected chi connectivity index (χ3v) is 0.0373. The summed E-state index contributed by atoms with van der Waals surface area (Å²) < 4.78 is 0. The van der Waals surface area contributed by atoms with Gasteiger partial charge < -0.3 is 10.4 Å². The first kappa shape index (κ1) is 8.83. The van der Waals surface area contributed by atoms with Crippen molar-refractivity contribution in [2.75, 3.05) is 0 Å². The van der Waals surface area contributed by atoms with Gasteiger partial charge in [-0.2, -0.15) is 0 Å². The van der Waals surface area contributed by atoms with Crippen LogP contribution in [0.1, 0.15) is 0 Å². The van der Waals surface area contributed by atoms with E-state index in [9.17, 15) is 0 Å². The van der Waals surface area contributed by atoms with E-state index in [1.54, 1.807) is 5.28 Å². The van der Waals surface area contributed by atoms with Crippen LogP contribution in [0.5, 0.6) is 0 Å². The quantitative estimate of drug-likeness (QED) is 0.243. The predicted octanol–water partition coefficient (Wildman–Crippen LogP) is -1.49. The average molecular weight is 125 g/mol. The van der Waals surface area contributed by atoms with Gasteiger partial charge in [-0.1, -0.05) is 0 Å². The normalized spacial score (nSPS) is 7.20. The zero-order valence-electron chi connectivity index (χ0n) is 2.07. The van der Waals surface area contributed by atoms with Crippen molar-refractivity contribution in [1.82, 2.24) is 0 Å². The minimum Gasteiger partial charge on any atom is -0.739 e. The van der Waals surface area contributed by atoms with Crippen molar-refractivity contribution < 1.29 is 22.3 Å². The van der Waals surface area contributed by atoms with Crippen LogP contribution in [0.3, 0.4) is 0 Å². The van der Waals surface area contributed by atoms with Crippen molar-refractivity contribution in [2.24, 2.45) is 5.28 Å². The van der Waals surface area contributed by atoms with Gasteiger partial charge in [-0.3, -0.25) is 0 Å². The topological polar surface area (TPSA) is 72.5 Å². The molecule has 0 spiro atoms. The molecule has 0 fully saturated rings. The molecule has 0 aromatic rings. The van der Waals surface area contributed by atoms with Crippen LogP contribution in [0.25, 0.3) is 0 Å². The number of rotatable bonds is 0. The van der Waals surface area contributed by atoms with E-state index in [4.69, 9.17) is 10.4 Å². The Balaban J connectivity index is 0. The van der Waals surface area contributed by atoms with Gasteiger partial charge in [0.15, 0.2) is 0 Å². The summed E-state index contributed by atoms with van der Waals surface area (Å²) in [4.78, 5) is 0. The summed E-state index contributed by atoms with van der Waals surface area (Å²) in [5, 5.41) is 19.5. The van der Waals surface area contributed by atoms with Gasteiger partial charge in [-0.05, 0) is 5.28 Å². The average Bonchev–Trinajstić information content (AvgIpc) is 1.37. The first-order valence-corrected chi connectivity index (χ1v) is 0.610. The van der Waals surface area contributed by atoms with E-state index in [2.05, 4.69) is 0 Å². The zero-order chi connectivity index (χ0) is 3.41. The largest absolute Gasteiger partial charge is 1.00 e. The summed E-state index contributed by atoms with van der Waals surface area (Å²) in [5.74, 6) is 0. The summed E-state index contributed by atoms with van der Waals surface area (Å²) in [6, 6.07) is 0. The molecule has 0 radical (unpaired) electrons. The SMILES string of the molecule is [Cu+].[O-]N=[NH+][O-]. The zero-order valence-corrected chi connectivity index (χ0v) is 3.01. The predicted molar refractivity (Wildman–Crippen MR) is 10.1 cm³/mol. The second-order valence-corrected chi connectivity index (χ2v) is 0.183. The van der Waals surface area contributed by atoms with Crippen LogP contribution >= 0.6 is 0 Å². The van der Waals surface area contributed by atoms with Crippen LogP contribution in [0, 0.1) is 10.4 Å². The summed E-state index contributed by atoms with van der Waals surface area (Å²) >= 11 is 0. The summed E-state index contributed by atoms with van der Waals surface area (Å²) in [6.07, 6.45) is 0. The molecule has 0 atom stereocenters. The fraction of sp³-hybridized carbons (Fsp3) is 0. The second-order valence-electron chi connectivity index (χ2n) is 0.183. The van der Waals surface area contributed by atoms with Crippen molar-refractivity contribution >= 4 is 0 Å². The number of nitrogens with one attached hydrogen (secondary N) is 1. The Hall–Kier alpha value is -0.281. The molecular weight excluding hydrogens is 124 g/mol. The molecule has 4 nitrogen and oxygen atoms in total. The van der Waals surface area contributed by atoms with Gasteiger partial charge in [0, 0.05) is 0 Å². The maximum Gasteiger partial charge on any atom is 1.00 e. The van der Waals surface area contributed by atoms with E-state index < -0.39 is 0 Å². The van der Waals surface area contributed by atoms with Crippen LogP contribution in [-0.4, -0.2) is 0 Å². The summed E-state index contributed by atoms with van der Waals surface area (Å²) in [7, 11) is 0. The molecule has 0 amide bonds. The van der Waals surface area contributed by atoms with Gasteiger partial charge in [-0.25, -0.2) is 0 Å². The van der Waals surface area contributed by atoms with Gasteiger partial charge in [0.1, 0.15) is 0 Å². The smallest absolute Gasteiger partial charge is 0.739 e. The second kappa shape index (κ2) is 9.30. The summed E-state index contributed by atoms with van der Waals surface area (Å²) in [5.41, 5.74) is 0. The van der Waals surface area contributed by atoms with Gasteiger partial charge >= 0.3 is 17.1 Å². The van der Waals surface area contributed by atoms with Crippen molar-refractivity contribution in [3.8, 4) is 0 Å². The maximum absolute atomic E-state index is 8.57. The first-order chi connectivity index (χ1) is 1.91. The van der Waals surface area contributed by atoms with Crippen LogP contribution in [-0.2, 0) is 17.1 Å². The van der Waals surface area contributed by atoms with Crippen LogP contribution in [0.4, 0.5) is 0 Å². The molecule has 0 aliphatic carbocycles. The van der Waals surface area contributed by atoms with Crippen LogP contribution < -0.4 is 5.28 Å². The monoisotopic (exact) mass is 124 g/mol. The minimum atomic E-state index is 0. The Morgan fingerprint density at radius 1 is 1.60 bits per heavy atom. The Morgan fingerprint density at radius 2 is 1.80 bits per heavy atom. The molecule has 0 saturated heterocycles. The van der Waals surface area contributed by atoms with Crippen LogP contribution in [0.2, 0.25) is 0 Å². The minimum absolute atomic E-state index is 0. The molecule has 0 aliphatic heterocycles. The number of hydrogen-bond acceptors (Lipinski definition) is 3. The molecule has 5 heteroatoms. The van der Waals surface area contributed by atoms with Crippen molar-refractivity contribution in [3.63, 3.8) is 0 Å². The molecule has 1 N–H and O–H groups in total. The maximum atomic E-state index is 8.57. The summed E-state index contributed by atoms with van der Waals surface area (Å²) in [6.45, 7) is 0. The Morgan fingerprint density at radius 3 is 1.80 bits per heavy atom. The standard InChI is InChI=1S/Cu.H2N2O2/c;3-1-2-4/h;1H,(H-,2,3,4)/q+1;/p-1.